The van der Waals surface area contributed by atoms with Gasteiger partial charge in [-0.2, -0.15) is 0 Å². The average Bonchev–Trinajstić information content (AvgIpc) is 2.51. The van der Waals surface area contributed by atoms with Crippen LogP contribution in [0.25, 0.3) is 0 Å². The molecule has 0 heterocycles. The monoisotopic (exact) mass is 296 g/mol. The lowest BCUT2D eigenvalue weighted by molar-refractivity contribution is -0.146. The standard InChI is InChI=1S/C17H28O4/c1-5-12-18-16(19-13-6-2)10-9-11-17(20-14-7-3)21-15-8-4/h5-8,16-17H,1-4,9-15H2. The fraction of sp³-hybridized carbons (Fsp3) is 0.529. The van der Waals surface area contributed by atoms with Gasteiger partial charge >= 0.3 is 0 Å². The molecule has 0 spiro atoms. The summed E-state index contributed by atoms with van der Waals surface area (Å²) in [7, 11) is 0. The Labute approximate surface area is 128 Å². The highest BCUT2D eigenvalue weighted by atomic mass is 16.7. The first-order chi connectivity index (χ1) is 10.3. The normalized spacial score (nSPS) is 10.8. The number of rotatable bonds is 16. The highest BCUT2D eigenvalue weighted by Gasteiger charge is 2.12. The summed E-state index contributed by atoms with van der Waals surface area (Å²) in [5.41, 5.74) is 0. The molecular weight excluding hydrogens is 268 g/mol. The third-order valence-corrected chi connectivity index (χ3v) is 2.48. The van der Waals surface area contributed by atoms with Crippen molar-refractivity contribution in [2.75, 3.05) is 26.4 Å². The first-order valence-electron chi connectivity index (χ1n) is 7.18. The van der Waals surface area contributed by atoms with E-state index in [1.54, 1.807) is 24.3 Å². The van der Waals surface area contributed by atoms with E-state index in [0.717, 1.165) is 19.3 Å². The largest absolute Gasteiger partial charge is 0.349 e. The molecule has 0 aromatic carbocycles. The van der Waals surface area contributed by atoms with Crippen LogP contribution in [0.5, 0.6) is 0 Å². The second-order valence-electron chi connectivity index (χ2n) is 4.28. The Balaban J connectivity index is 4.06. The van der Waals surface area contributed by atoms with E-state index in [4.69, 9.17) is 18.9 Å². The zero-order chi connectivity index (χ0) is 15.8. The van der Waals surface area contributed by atoms with Crippen molar-refractivity contribution in [3.63, 3.8) is 0 Å². The fourth-order valence-corrected chi connectivity index (χ4v) is 1.58. The van der Waals surface area contributed by atoms with Gasteiger partial charge in [0.1, 0.15) is 0 Å². The minimum Gasteiger partial charge on any atom is -0.349 e. The average molecular weight is 296 g/mol. The smallest absolute Gasteiger partial charge is 0.158 e. The predicted molar refractivity (Wildman–Crippen MR) is 86.0 cm³/mol. The third-order valence-electron chi connectivity index (χ3n) is 2.48. The van der Waals surface area contributed by atoms with Crippen LogP contribution in [0.1, 0.15) is 19.3 Å². The second kappa shape index (κ2) is 15.2. The fourth-order valence-electron chi connectivity index (χ4n) is 1.58. The summed E-state index contributed by atoms with van der Waals surface area (Å²) in [6.07, 6.45) is 8.65. The molecule has 0 aliphatic carbocycles. The summed E-state index contributed by atoms with van der Waals surface area (Å²) in [4.78, 5) is 0. The number of hydrogen-bond donors (Lipinski definition) is 0. The van der Waals surface area contributed by atoms with E-state index in [1.165, 1.54) is 0 Å². The van der Waals surface area contributed by atoms with Gasteiger partial charge in [-0.25, -0.2) is 0 Å². The molecule has 21 heavy (non-hydrogen) atoms. The van der Waals surface area contributed by atoms with Gasteiger partial charge in [0, 0.05) is 0 Å². The lowest BCUT2D eigenvalue weighted by Gasteiger charge is -2.20. The number of hydrogen-bond acceptors (Lipinski definition) is 4. The van der Waals surface area contributed by atoms with E-state index in [9.17, 15) is 0 Å². The van der Waals surface area contributed by atoms with E-state index in [2.05, 4.69) is 26.3 Å². The van der Waals surface area contributed by atoms with Crippen LogP contribution in [0.15, 0.2) is 50.6 Å². The molecule has 0 saturated carbocycles. The topological polar surface area (TPSA) is 36.9 Å². The Bertz CT molecular complexity index is 237. The van der Waals surface area contributed by atoms with E-state index in [1.807, 2.05) is 0 Å². The molecule has 4 nitrogen and oxygen atoms in total. The molecule has 0 bridgehead atoms. The molecule has 4 heteroatoms. The molecule has 0 rings (SSSR count). The van der Waals surface area contributed by atoms with Gasteiger partial charge in [0.25, 0.3) is 0 Å². The minimum absolute atomic E-state index is 0.263. The van der Waals surface area contributed by atoms with Crippen LogP contribution < -0.4 is 0 Å². The van der Waals surface area contributed by atoms with Gasteiger partial charge in [0.05, 0.1) is 26.4 Å². The molecule has 0 aromatic heterocycles. The minimum atomic E-state index is -0.263. The Kier molecular flexibility index (Phi) is 14.3. The SMILES string of the molecule is C=CCOC(CCCC(OCC=C)OCC=C)OCC=C. The zero-order valence-corrected chi connectivity index (χ0v) is 12.9. The molecule has 0 aliphatic rings. The van der Waals surface area contributed by atoms with Gasteiger partial charge in [0.2, 0.25) is 0 Å². The molecular formula is C17H28O4. The van der Waals surface area contributed by atoms with Crippen molar-refractivity contribution < 1.29 is 18.9 Å². The molecule has 120 valence electrons. The molecule has 0 amide bonds. The molecule has 0 unspecified atom stereocenters. The van der Waals surface area contributed by atoms with Crippen LogP contribution in [0.4, 0.5) is 0 Å². The molecule has 0 aromatic rings. The lowest BCUT2D eigenvalue weighted by Crippen LogP contribution is -2.21. The van der Waals surface area contributed by atoms with Gasteiger partial charge in [-0.3, -0.25) is 0 Å². The third kappa shape index (κ3) is 12.3. The summed E-state index contributed by atoms with van der Waals surface area (Å²) in [5.74, 6) is 0. The molecule has 0 saturated heterocycles. The van der Waals surface area contributed by atoms with Crippen molar-refractivity contribution in [3.05, 3.63) is 50.6 Å². The summed E-state index contributed by atoms with van der Waals surface area (Å²) >= 11 is 0. The van der Waals surface area contributed by atoms with Crippen LogP contribution in [-0.2, 0) is 18.9 Å². The predicted octanol–water partition coefficient (Wildman–Crippen LogP) is 3.62. The van der Waals surface area contributed by atoms with Crippen molar-refractivity contribution >= 4 is 0 Å². The molecule has 0 N–H and O–H groups in total. The van der Waals surface area contributed by atoms with Crippen LogP contribution in [0.2, 0.25) is 0 Å². The van der Waals surface area contributed by atoms with Crippen LogP contribution in [0.3, 0.4) is 0 Å². The highest BCUT2D eigenvalue weighted by Crippen LogP contribution is 2.12. The van der Waals surface area contributed by atoms with Crippen LogP contribution in [-0.4, -0.2) is 39.0 Å². The molecule has 0 aliphatic heterocycles. The first kappa shape index (κ1) is 19.8. The lowest BCUT2D eigenvalue weighted by atomic mass is 10.2. The first-order valence-corrected chi connectivity index (χ1v) is 7.18. The van der Waals surface area contributed by atoms with Crippen LogP contribution in [0, 0.1) is 0 Å². The van der Waals surface area contributed by atoms with E-state index < -0.39 is 0 Å². The van der Waals surface area contributed by atoms with Crippen molar-refractivity contribution in [3.8, 4) is 0 Å². The van der Waals surface area contributed by atoms with E-state index >= 15 is 0 Å². The van der Waals surface area contributed by atoms with Crippen LogP contribution >= 0.6 is 0 Å². The second-order valence-corrected chi connectivity index (χ2v) is 4.28. The van der Waals surface area contributed by atoms with Crippen molar-refractivity contribution in [2.24, 2.45) is 0 Å². The van der Waals surface area contributed by atoms with Gasteiger partial charge in [-0.15, -0.1) is 26.3 Å². The maximum atomic E-state index is 5.54. The Morgan fingerprint density at radius 1 is 0.571 bits per heavy atom. The summed E-state index contributed by atoms with van der Waals surface area (Å²) in [6.45, 7) is 16.4. The van der Waals surface area contributed by atoms with Gasteiger partial charge in [-0.1, -0.05) is 24.3 Å². The van der Waals surface area contributed by atoms with Gasteiger partial charge < -0.3 is 18.9 Å². The maximum Gasteiger partial charge on any atom is 0.158 e. The van der Waals surface area contributed by atoms with Crippen molar-refractivity contribution in [2.45, 2.75) is 31.8 Å². The highest BCUT2D eigenvalue weighted by molar-refractivity contribution is 4.69. The Hall–Kier alpha value is -1.20. The van der Waals surface area contributed by atoms with E-state index in [-0.39, 0.29) is 12.6 Å². The Morgan fingerprint density at radius 2 is 0.857 bits per heavy atom. The summed E-state index contributed by atoms with van der Waals surface area (Å²) < 4.78 is 22.1. The van der Waals surface area contributed by atoms with E-state index in [0.29, 0.717) is 26.4 Å². The summed E-state index contributed by atoms with van der Waals surface area (Å²) in [6, 6.07) is 0. The van der Waals surface area contributed by atoms with Crippen molar-refractivity contribution in [1.29, 1.82) is 0 Å². The zero-order valence-electron chi connectivity index (χ0n) is 12.9. The van der Waals surface area contributed by atoms with Gasteiger partial charge in [-0.05, 0) is 19.3 Å². The quantitative estimate of drug-likeness (QED) is 0.322. The summed E-state index contributed by atoms with van der Waals surface area (Å²) in [5, 5.41) is 0. The Morgan fingerprint density at radius 3 is 1.10 bits per heavy atom. The molecule has 0 fully saturated rings. The number of ether oxygens (including phenoxy) is 4. The molecule has 0 radical (unpaired) electrons. The van der Waals surface area contributed by atoms with Gasteiger partial charge in [0.15, 0.2) is 12.6 Å². The maximum absolute atomic E-state index is 5.54. The molecule has 0 atom stereocenters. The van der Waals surface area contributed by atoms with Crippen molar-refractivity contribution in [1.82, 2.24) is 0 Å².